The van der Waals surface area contributed by atoms with E-state index < -0.39 is 6.16 Å². The first-order valence-electron chi connectivity index (χ1n) is 2.67. The molecule has 0 bridgehead atoms. The Balaban J connectivity index is 2.35. The highest BCUT2D eigenvalue weighted by Crippen LogP contribution is 2.00. The van der Waals surface area contributed by atoms with E-state index in [0.29, 0.717) is 5.76 Å². The Morgan fingerprint density at radius 3 is 3.10 bits per heavy atom. The van der Waals surface area contributed by atoms with Crippen molar-refractivity contribution in [1.82, 2.24) is 0 Å². The molecule has 1 rings (SSSR count). The zero-order valence-corrected chi connectivity index (χ0v) is 5.11. The number of hydrogen-bond donors (Lipinski definition) is 1. The van der Waals surface area contributed by atoms with Crippen LogP contribution in [-0.2, 0) is 11.3 Å². The number of carboxylic acid groups (broad SMARTS) is 1. The highest BCUT2D eigenvalue weighted by molar-refractivity contribution is 5.56. The third-order valence-electron chi connectivity index (χ3n) is 0.918. The Morgan fingerprint density at radius 1 is 1.80 bits per heavy atom. The van der Waals surface area contributed by atoms with Crippen molar-refractivity contribution >= 4 is 6.16 Å². The molecule has 54 valence electrons. The van der Waals surface area contributed by atoms with Gasteiger partial charge in [0, 0.05) is 0 Å². The first-order chi connectivity index (χ1) is 4.79. The fraction of sp³-hybridized carbons (Fsp3) is 0.167. The van der Waals surface area contributed by atoms with E-state index >= 15 is 0 Å². The molecule has 1 aromatic heterocycles. The second-order valence-corrected chi connectivity index (χ2v) is 1.63. The van der Waals surface area contributed by atoms with Crippen LogP contribution in [0.15, 0.2) is 22.8 Å². The molecule has 0 saturated heterocycles. The fourth-order valence-corrected chi connectivity index (χ4v) is 0.528. The standard InChI is InChI=1S/C6H6O4/c7-6(8)10-4-5-2-1-3-9-5/h1-3H,4H2,(H,7,8). The molecule has 10 heavy (non-hydrogen) atoms. The summed E-state index contributed by atoms with van der Waals surface area (Å²) >= 11 is 0. The van der Waals surface area contributed by atoms with Crippen molar-refractivity contribution in [1.29, 1.82) is 0 Å². The molecule has 0 aliphatic rings. The molecule has 0 radical (unpaired) electrons. The molecule has 4 nitrogen and oxygen atoms in total. The fourth-order valence-electron chi connectivity index (χ4n) is 0.528. The van der Waals surface area contributed by atoms with Gasteiger partial charge in [-0.2, -0.15) is 0 Å². The van der Waals surface area contributed by atoms with Crippen LogP contribution >= 0.6 is 0 Å². The number of rotatable bonds is 2. The predicted octanol–water partition coefficient (Wildman–Crippen LogP) is 1.47. The molecule has 0 aliphatic carbocycles. The molecule has 0 amide bonds. The molecule has 1 aromatic rings. The second kappa shape index (κ2) is 2.91. The minimum atomic E-state index is -1.29. The highest BCUT2D eigenvalue weighted by Gasteiger charge is 1.98. The Morgan fingerprint density at radius 2 is 2.60 bits per heavy atom. The van der Waals surface area contributed by atoms with E-state index in [1.807, 2.05) is 0 Å². The predicted molar refractivity (Wildman–Crippen MR) is 31.5 cm³/mol. The van der Waals surface area contributed by atoms with E-state index in [0.717, 1.165) is 0 Å². The van der Waals surface area contributed by atoms with Crippen molar-refractivity contribution in [2.24, 2.45) is 0 Å². The number of furan rings is 1. The summed E-state index contributed by atoms with van der Waals surface area (Å²) in [6, 6.07) is 3.31. The average Bonchev–Trinajstić information content (AvgIpc) is 2.34. The number of hydrogen-bond acceptors (Lipinski definition) is 3. The lowest BCUT2D eigenvalue weighted by Gasteiger charge is -1.93. The molecular formula is C6H6O4. The van der Waals surface area contributed by atoms with Crippen LogP contribution in [0.3, 0.4) is 0 Å². The monoisotopic (exact) mass is 142 g/mol. The summed E-state index contributed by atoms with van der Waals surface area (Å²) in [6.45, 7) is -0.0255. The maximum atomic E-state index is 9.83. The van der Waals surface area contributed by atoms with Crippen LogP contribution < -0.4 is 0 Å². The SMILES string of the molecule is O=C(O)OCc1ccco1. The summed E-state index contributed by atoms with van der Waals surface area (Å²) in [7, 11) is 0. The second-order valence-electron chi connectivity index (χ2n) is 1.63. The van der Waals surface area contributed by atoms with E-state index in [1.54, 1.807) is 12.1 Å². The third-order valence-corrected chi connectivity index (χ3v) is 0.918. The number of ether oxygens (including phenoxy) is 1. The lowest BCUT2D eigenvalue weighted by atomic mass is 10.5. The highest BCUT2D eigenvalue weighted by atomic mass is 16.7. The summed E-state index contributed by atoms with van der Waals surface area (Å²) in [4.78, 5) is 9.83. The van der Waals surface area contributed by atoms with Crippen LogP contribution in [0.4, 0.5) is 4.79 Å². The van der Waals surface area contributed by atoms with Gasteiger partial charge in [-0.3, -0.25) is 0 Å². The van der Waals surface area contributed by atoms with Crippen molar-refractivity contribution in [2.75, 3.05) is 0 Å². The van der Waals surface area contributed by atoms with Crippen LogP contribution in [0.1, 0.15) is 5.76 Å². The topological polar surface area (TPSA) is 59.7 Å². The molecule has 0 saturated carbocycles. The van der Waals surface area contributed by atoms with Gasteiger partial charge in [-0.25, -0.2) is 4.79 Å². The Kier molecular flexibility index (Phi) is 1.94. The average molecular weight is 142 g/mol. The summed E-state index contributed by atoms with van der Waals surface area (Å²) < 4.78 is 9.00. The van der Waals surface area contributed by atoms with Gasteiger partial charge in [0.15, 0.2) is 6.61 Å². The minimum absolute atomic E-state index is 0.0255. The van der Waals surface area contributed by atoms with Crippen molar-refractivity contribution in [3.63, 3.8) is 0 Å². The lowest BCUT2D eigenvalue weighted by Crippen LogP contribution is -1.98. The zero-order chi connectivity index (χ0) is 7.40. The molecule has 0 aromatic carbocycles. The van der Waals surface area contributed by atoms with Gasteiger partial charge in [-0.05, 0) is 12.1 Å². The van der Waals surface area contributed by atoms with Gasteiger partial charge in [-0.1, -0.05) is 0 Å². The van der Waals surface area contributed by atoms with E-state index in [-0.39, 0.29) is 6.61 Å². The molecule has 0 atom stereocenters. The molecule has 1 heterocycles. The molecule has 0 unspecified atom stereocenters. The molecule has 1 N–H and O–H groups in total. The van der Waals surface area contributed by atoms with E-state index in [2.05, 4.69) is 4.74 Å². The quantitative estimate of drug-likeness (QED) is 0.635. The van der Waals surface area contributed by atoms with Crippen molar-refractivity contribution < 1.29 is 19.1 Å². The molecule has 0 aliphatic heterocycles. The molecule has 0 fully saturated rings. The van der Waals surface area contributed by atoms with Gasteiger partial charge in [0.2, 0.25) is 0 Å². The molecule has 4 heteroatoms. The van der Waals surface area contributed by atoms with Gasteiger partial charge in [-0.15, -0.1) is 0 Å². The molecular weight excluding hydrogens is 136 g/mol. The van der Waals surface area contributed by atoms with Crippen molar-refractivity contribution in [2.45, 2.75) is 6.61 Å². The van der Waals surface area contributed by atoms with Crippen molar-refractivity contribution in [3.8, 4) is 0 Å². The Hall–Kier alpha value is -1.45. The first-order valence-corrected chi connectivity index (χ1v) is 2.67. The van der Waals surface area contributed by atoms with Crippen LogP contribution in [0.5, 0.6) is 0 Å². The van der Waals surface area contributed by atoms with E-state index in [1.165, 1.54) is 6.26 Å². The third kappa shape index (κ3) is 1.81. The Labute approximate surface area is 57.0 Å². The maximum absolute atomic E-state index is 9.83. The van der Waals surface area contributed by atoms with Crippen LogP contribution in [0.25, 0.3) is 0 Å². The van der Waals surface area contributed by atoms with Gasteiger partial charge >= 0.3 is 6.16 Å². The summed E-state index contributed by atoms with van der Waals surface area (Å²) in [6.07, 6.45) is 0.164. The van der Waals surface area contributed by atoms with Crippen LogP contribution in [0, 0.1) is 0 Å². The number of carbonyl (C=O) groups is 1. The van der Waals surface area contributed by atoms with Gasteiger partial charge in [0.1, 0.15) is 5.76 Å². The largest absolute Gasteiger partial charge is 0.506 e. The summed E-state index contributed by atoms with van der Waals surface area (Å²) in [5.74, 6) is 0.502. The van der Waals surface area contributed by atoms with E-state index in [4.69, 9.17) is 9.52 Å². The van der Waals surface area contributed by atoms with Crippen LogP contribution in [-0.4, -0.2) is 11.3 Å². The van der Waals surface area contributed by atoms with Crippen molar-refractivity contribution in [3.05, 3.63) is 24.2 Å². The van der Waals surface area contributed by atoms with Crippen LogP contribution in [0.2, 0.25) is 0 Å². The van der Waals surface area contributed by atoms with Gasteiger partial charge in [0.25, 0.3) is 0 Å². The maximum Gasteiger partial charge on any atom is 0.506 e. The normalized spacial score (nSPS) is 9.20. The lowest BCUT2D eigenvalue weighted by molar-refractivity contribution is 0.0792. The Bertz CT molecular complexity index is 202. The van der Waals surface area contributed by atoms with E-state index in [9.17, 15) is 4.79 Å². The zero-order valence-electron chi connectivity index (χ0n) is 5.11. The first kappa shape index (κ1) is 6.67. The minimum Gasteiger partial charge on any atom is -0.466 e. The van der Waals surface area contributed by atoms with Gasteiger partial charge in [0.05, 0.1) is 6.26 Å². The summed E-state index contributed by atoms with van der Waals surface area (Å²) in [5, 5.41) is 8.05. The smallest absolute Gasteiger partial charge is 0.466 e. The molecule has 0 spiro atoms. The summed E-state index contributed by atoms with van der Waals surface area (Å²) in [5.41, 5.74) is 0. The van der Waals surface area contributed by atoms with Gasteiger partial charge < -0.3 is 14.3 Å².